The fourth-order valence-electron chi connectivity index (χ4n) is 8.13. The lowest BCUT2D eigenvalue weighted by molar-refractivity contribution is 0.415. The van der Waals surface area contributed by atoms with E-state index in [4.69, 9.17) is 4.74 Å². The molecule has 0 radical (unpaired) electrons. The van der Waals surface area contributed by atoms with Crippen LogP contribution in [0, 0.1) is 0 Å². The van der Waals surface area contributed by atoms with Crippen molar-refractivity contribution in [3.05, 3.63) is 224 Å². The van der Waals surface area contributed by atoms with Gasteiger partial charge in [-0.05, 0) is 117 Å². The maximum absolute atomic E-state index is 5.34. The van der Waals surface area contributed by atoms with Gasteiger partial charge in [-0.1, -0.05) is 152 Å². The number of aromatic nitrogens is 1. The van der Waals surface area contributed by atoms with Crippen LogP contribution in [0.4, 0.5) is 17.1 Å². The monoisotopic (exact) mass is 744 g/mol. The fourth-order valence-corrected chi connectivity index (χ4v) is 8.13. The summed E-state index contributed by atoms with van der Waals surface area (Å²) < 4.78 is 7.70. The number of benzene rings is 9. The van der Waals surface area contributed by atoms with Crippen LogP contribution in [0.2, 0.25) is 0 Å². The zero-order valence-electron chi connectivity index (χ0n) is 32.2. The molecule has 10 rings (SSSR count). The van der Waals surface area contributed by atoms with E-state index in [9.17, 15) is 0 Å². The van der Waals surface area contributed by atoms with Crippen LogP contribution in [0.15, 0.2) is 224 Å². The number of hydrogen-bond donors (Lipinski definition) is 0. The molecule has 58 heavy (non-hydrogen) atoms. The van der Waals surface area contributed by atoms with Crippen LogP contribution in [0.3, 0.4) is 0 Å². The van der Waals surface area contributed by atoms with E-state index in [0.717, 1.165) is 28.5 Å². The van der Waals surface area contributed by atoms with Crippen LogP contribution >= 0.6 is 0 Å². The van der Waals surface area contributed by atoms with E-state index in [-0.39, 0.29) is 0 Å². The number of nitrogens with zero attached hydrogens (tertiary/aromatic N) is 2. The molecule has 3 nitrogen and oxygen atoms in total. The molecular weight excluding hydrogens is 705 g/mol. The van der Waals surface area contributed by atoms with E-state index in [1.165, 1.54) is 66.3 Å². The third-order valence-corrected chi connectivity index (χ3v) is 11.2. The second-order valence-electron chi connectivity index (χ2n) is 14.6. The molecular formula is C55H40N2O. The normalized spacial score (nSPS) is 11.2. The van der Waals surface area contributed by atoms with Gasteiger partial charge in [-0.2, -0.15) is 0 Å². The van der Waals surface area contributed by atoms with E-state index in [2.05, 4.69) is 222 Å². The lowest BCUT2D eigenvalue weighted by atomic mass is 9.99. The largest absolute Gasteiger partial charge is 0.497 e. The van der Waals surface area contributed by atoms with Crippen LogP contribution in [-0.2, 0) is 0 Å². The number of rotatable bonds is 9. The van der Waals surface area contributed by atoms with Crippen molar-refractivity contribution < 1.29 is 4.74 Å². The number of anilines is 3. The van der Waals surface area contributed by atoms with Gasteiger partial charge in [0.15, 0.2) is 0 Å². The van der Waals surface area contributed by atoms with Gasteiger partial charge in [-0.15, -0.1) is 0 Å². The first-order chi connectivity index (χ1) is 28.7. The molecule has 10 aromatic rings. The average Bonchev–Trinajstić information content (AvgIpc) is 3.65. The molecule has 0 aliphatic heterocycles. The second kappa shape index (κ2) is 15.1. The molecule has 0 N–H and O–H groups in total. The summed E-state index contributed by atoms with van der Waals surface area (Å²) in [6.07, 6.45) is 0. The van der Waals surface area contributed by atoms with Gasteiger partial charge in [0.05, 0.1) is 18.1 Å². The number of ether oxygens (including phenoxy) is 1. The van der Waals surface area contributed by atoms with Crippen molar-refractivity contribution in [3.63, 3.8) is 0 Å². The average molecular weight is 745 g/mol. The van der Waals surface area contributed by atoms with Crippen molar-refractivity contribution in [1.82, 2.24) is 4.57 Å². The Morgan fingerprint density at radius 1 is 0.310 bits per heavy atom. The highest BCUT2D eigenvalue weighted by molar-refractivity contribution is 6.09. The summed E-state index contributed by atoms with van der Waals surface area (Å²) in [6.45, 7) is 0. The third kappa shape index (κ3) is 6.59. The van der Waals surface area contributed by atoms with Crippen LogP contribution < -0.4 is 9.64 Å². The highest BCUT2D eigenvalue weighted by atomic mass is 16.5. The topological polar surface area (TPSA) is 17.4 Å². The fraction of sp³-hybridized carbons (Fsp3) is 0.0182. The Morgan fingerprint density at radius 2 is 0.621 bits per heavy atom. The zero-order valence-corrected chi connectivity index (χ0v) is 32.2. The summed E-state index contributed by atoms with van der Waals surface area (Å²) in [5, 5.41) is 2.54. The number of hydrogen-bond acceptors (Lipinski definition) is 2. The molecule has 0 saturated heterocycles. The summed E-state index contributed by atoms with van der Waals surface area (Å²) >= 11 is 0. The van der Waals surface area contributed by atoms with Gasteiger partial charge in [-0.3, -0.25) is 0 Å². The number of para-hydroxylation sites is 2. The standard InChI is InChI=1S/C55H40N2O/c1-58-51-37-27-46(28-38-51)41-17-15-40(16-18-41)43-21-31-48(32-22-43)56(47-29-19-42(20-30-47)39-9-3-2-4-10-39)49-33-23-44(24-34-49)45-25-35-50(36-26-45)57-54-13-7-5-11-52(54)53-12-6-8-14-55(53)57/h2-38H,1H3. The highest BCUT2D eigenvalue weighted by Crippen LogP contribution is 2.39. The Hall–Kier alpha value is -7.62. The maximum atomic E-state index is 5.34. The molecule has 0 unspecified atom stereocenters. The minimum atomic E-state index is 0.860. The molecule has 9 aromatic carbocycles. The van der Waals surface area contributed by atoms with Crippen molar-refractivity contribution in [3.8, 4) is 55.9 Å². The van der Waals surface area contributed by atoms with Crippen molar-refractivity contribution >= 4 is 38.9 Å². The Bertz CT molecular complexity index is 2910. The molecule has 0 spiro atoms. The van der Waals surface area contributed by atoms with Gasteiger partial charge in [0.2, 0.25) is 0 Å². The lowest BCUT2D eigenvalue weighted by Gasteiger charge is -2.26. The van der Waals surface area contributed by atoms with Gasteiger partial charge < -0.3 is 14.2 Å². The molecule has 0 saturated carbocycles. The van der Waals surface area contributed by atoms with Gasteiger partial charge >= 0.3 is 0 Å². The molecule has 1 aromatic heterocycles. The Balaban J connectivity index is 0.955. The van der Waals surface area contributed by atoms with Gasteiger partial charge in [-0.25, -0.2) is 0 Å². The zero-order chi connectivity index (χ0) is 38.8. The molecule has 0 bridgehead atoms. The van der Waals surface area contributed by atoms with Crippen molar-refractivity contribution in [2.45, 2.75) is 0 Å². The number of fused-ring (bicyclic) bond motifs is 3. The van der Waals surface area contributed by atoms with Crippen LogP contribution in [-0.4, -0.2) is 11.7 Å². The Kier molecular flexibility index (Phi) is 9.09. The number of methoxy groups -OCH3 is 1. The first-order valence-electron chi connectivity index (χ1n) is 19.7. The van der Waals surface area contributed by atoms with Crippen molar-refractivity contribution in [2.24, 2.45) is 0 Å². The van der Waals surface area contributed by atoms with E-state index in [1.54, 1.807) is 7.11 Å². The molecule has 276 valence electrons. The van der Waals surface area contributed by atoms with Crippen molar-refractivity contribution in [1.29, 1.82) is 0 Å². The highest BCUT2D eigenvalue weighted by Gasteiger charge is 2.15. The van der Waals surface area contributed by atoms with E-state index >= 15 is 0 Å². The summed E-state index contributed by atoms with van der Waals surface area (Å²) in [5.74, 6) is 0.860. The molecule has 0 amide bonds. The predicted octanol–water partition coefficient (Wildman–Crippen LogP) is 14.9. The smallest absolute Gasteiger partial charge is 0.118 e. The molecule has 3 heteroatoms. The summed E-state index contributed by atoms with van der Waals surface area (Å²) in [6, 6.07) is 80.4. The van der Waals surface area contributed by atoms with Gasteiger partial charge in [0, 0.05) is 33.5 Å². The van der Waals surface area contributed by atoms with Crippen LogP contribution in [0.1, 0.15) is 0 Å². The second-order valence-corrected chi connectivity index (χ2v) is 14.6. The van der Waals surface area contributed by atoms with E-state index in [0.29, 0.717) is 0 Å². The molecule has 0 aliphatic rings. The minimum absolute atomic E-state index is 0.860. The molecule has 1 heterocycles. The third-order valence-electron chi connectivity index (χ3n) is 11.2. The first kappa shape index (κ1) is 34.8. The molecule has 0 atom stereocenters. The van der Waals surface area contributed by atoms with Crippen LogP contribution in [0.5, 0.6) is 5.75 Å². The lowest BCUT2D eigenvalue weighted by Crippen LogP contribution is -2.09. The Morgan fingerprint density at radius 3 is 1.02 bits per heavy atom. The van der Waals surface area contributed by atoms with Crippen LogP contribution in [0.25, 0.3) is 72.0 Å². The summed E-state index contributed by atoms with van der Waals surface area (Å²) in [7, 11) is 1.69. The summed E-state index contributed by atoms with van der Waals surface area (Å²) in [4.78, 5) is 2.33. The van der Waals surface area contributed by atoms with E-state index in [1.807, 2.05) is 12.1 Å². The van der Waals surface area contributed by atoms with Crippen molar-refractivity contribution in [2.75, 3.05) is 12.0 Å². The van der Waals surface area contributed by atoms with Gasteiger partial charge in [0.25, 0.3) is 0 Å². The molecule has 0 fully saturated rings. The predicted molar refractivity (Wildman–Crippen MR) is 244 cm³/mol. The maximum Gasteiger partial charge on any atom is 0.118 e. The molecule has 0 aliphatic carbocycles. The minimum Gasteiger partial charge on any atom is -0.497 e. The first-order valence-corrected chi connectivity index (χ1v) is 19.7. The van der Waals surface area contributed by atoms with Gasteiger partial charge in [0.1, 0.15) is 5.75 Å². The van der Waals surface area contributed by atoms with E-state index < -0.39 is 0 Å². The SMILES string of the molecule is COc1ccc(-c2ccc(-c3ccc(N(c4ccc(-c5ccccc5)cc4)c4ccc(-c5ccc(-n6c7ccccc7c7ccccc76)cc5)cc4)cc3)cc2)cc1. The quantitative estimate of drug-likeness (QED) is 0.146. The Labute approximate surface area is 339 Å². The summed E-state index contributed by atoms with van der Waals surface area (Å²) in [5.41, 5.74) is 16.3.